The monoisotopic (exact) mass is 235 g/mol. The highest BCUT2D eigenvalue weighted by Gasteiger charge is 2.13. The zero-order valence-corrected chi connectivity index (χ0v) is 11.5. The average molecular weight is 235 g/mol. The van der Waals surface area contributed by atoms with Crippen molar-refractivity contribution >= 4 is 0 Å². The fraction of sp³-hybridized carbons (Fsp3) is 0.600. The molecule has 1 atom stereocenters. The summed E-state index contributed by atoms with van der Waals surface area (Å²) in [6.07, 6.45) is 1.56. The van der Waals surface area contributed by atoms with Crippen LogP contribution in [0.4, 0.5) is 0 Å². The third-order valence-electron chi connectivity index (χ3n) is 2.61. The second kappa shape index (κ2) is 7.46. The summed E-state index contributed by atoms with van der Waals surface area (Å²) in [6, 6.07) is 8.57. The number of aryl methyl sites for hydroxylation is 1. The van der Waals surface area contributed by atoms with Gasteiger partial charge in [0.1, 0.15) is 0 Å². The van der Waals surface area contributed by atoms with Crippen molar-refractivity contribution in [2.45, 2.75) is 46.3 Å². The summed E-state index contributed by atoms with van der Waals surface area (Å²) in [7, 11) is 0. The minimum Gasteiger partial charge on any atom is -0.370 e. The van der Waals surface area contributed by atoms with E-state index in [0.717, 1.165) is 19.5 Å². The van der Waals surface area contributed by atoms with E-state index in [2.05, 4.69) is 57.3 Å². The van der Waals surface area contributed by atoms with E-state index in [-0.39, 0.29) is 12.2 Å². The maximum absolute atomic E-state index is 5.98. The highest BCUT2D eigenvalue weighted by Crippen LogP contribution is 2.19. The Morgan fingerprint density at radius 2 is 2.06 bits per heavy atom. The van der Waals surface area contributed by atoms with E-state index in [0.29, 0.717) is 0 Å². The van der Waals surface area contributed by atoms with E-state index < -0.39 is 0 Å². The third-order valence-corrected chi connectivity index (χ3v) is 2.61. The Balaban J connectivity index is 2.67. The molecule has 1 N–H and O–H groups in total. The van der Waals surface area contributed by atoms with Crippen LogP contribution in [-0.4, -0.2) is 19.2 Å². The Bertz CT molecular complexity index is 322. The Kier molecular flexibility index (Phi) is 6.23. The lowest BCUT2D eigenvalue weighted by Gasteiger charge is -2.21. The lowest BCUT2D eigenvalue weighted by molar-refractivity contribution is 0.00721. The first-order chi connectivity index (χ1) is 8.13. The number of ether oxygens (including phenoxy) is 1. The summed E-state index contributed by atoms with van der Waals surface area (Å²) >= 11 is 0. The smallest absolute Gasteiger partial charge is 0.0952 e. The molecule has 1 aromatic carbocycles. The van der Waals surface area contributed by atoms with Gasteiger partial charge in [0, 0.05) is 6.54 Å². The van der Waals surface area contributed by atoms with E-state index in [4.69, 9.17) is 4.74 Å². The number of hydrogen-bond acceptors (Lipinski definition) is 2. The van der Waals surface area contributed by atoms with Gasteiger partial charge < -0.3 is 10.1 Å². The maximum Gasteiger partial charge on any atom is 0.0952 e. The first-order valence-corrected chi connectivity index (χ1v) is 6.56. The van der Waals surface area contributed by atoms with Gasteiger partial charge in [-0.05, 0) is 39.3 Å². The molecule has 0 bridgehead atoms. The molecule has 0 aliphatic rings. The molecule has 0 fully saturated rings. The van der Waals surface area contributed by atoms with Crippen LogP contribution in [0.5, 0.6) is 0 Å². The van der Waals surface area contributed by atoms with Gasteiger partial charge in [-0.25, -0.2) is 0 Å². The van der Waals surface area contributed by atoms with Gasteiger partial charge >= 0.3 is 0 Å². The molecule has 0 heterocycles. The molecule has 2 nitrogen and oxygen atoms in total. The Morgan fingerprint density at radius 3 is 2.65 bits per heavy atom. The highest BCUT2D eigenvalue weighted by molar-refractivity contribution is 5.24. The zero-order chi connectivity index (χ0) is 12.7. The van der Waals surface area contributed by atoms with Gasteiger partial charge in [-0.3, -0.25) is 0 Å². The summed E-state index contributed by atoms with van der Waals surface area (Å²) in [5, 5.41) is 3.43. The van der Waals surface area contributed by atoms with Gasteiger partial charge in [-0.1, -0.05) is 36.8 Å². The minimum absolute atomic E-state index is 0.154. The quantitative estimate of drug-likeness (QED) is 0.731. The largest absolute Gasteiger partial charge is 0.370 e. The van der Waals surface area contributed by atoms with Gasteiger partial charge in [0.05, 0.1) is 12.2 Å². The average Bonchev–Trinajstić information content (AvgIpc) is 2.27. The number of rotatable bonds is 7. The lowest BCUT2D eigenvalue weighted by Crippen LogP contribution is -2.25. The molecule has 0 amide bonds. The second-order valence-corrected chi connectivity index (χ2v) is 4.79. The van der Waals surface area contributed by atoms with Crippen LogP contribution >= 0.6 is 0 Å². The van der Waals surface area contributed by atoms with Gasteiger partial charge in [0.25, 0.3) is 0 Å². The number of nitrogens with one attached hydrogen (secondary N) is 1. The number of hydrogen-bond donors (Lipinski definition) is 1. The maximum atomic E-state index is 5.98. The fourth-order valence-corrected chi connectivity index (χ4v) is 1.85. The van der Waals surface area contributed by atoms with Crippen molar-refractivity contribution in [1.29, 1.82) is 0 Å². The van der Waals surface area contributed by atoms with Crippen molar-refractivity contribution in [2.24, 2.45) is 0 Å². The second-order valence-electron chi connectivity index (χ2n) is 4.79. The number of benzene rings is 1. The molecule has 17 heavy (non-hydrogen) atoms. The predicted molar refractivity (Wildman–Crippen MR) is 73.3 cm³/mol. The van der Waals surface area contributed by atoms with Crippen LogP contribution < -0.4 is 5.32 Å². The molecule has 1 aromatic rings. The van der Waals surface area contributed by atoms with Gasteiger partial charge in [-0.2, -0.15) is 0 Å². The van der Waals surface area contributed by atoms with Crippen molar-refractivity contribution in [1.82, 2.24) is 5.32 Å². The van der Waals surface area contributed by atoms with Gasteiger partial charge in [0.2, 0.25) is 0 Å². The first-order valence-electron chi connectivity index (χ1n) is 6.56. The molecule has 0 saturated heterocycles. The normalized spacial score (nSPS) is 13.0. The van der Waals surface area contributed by atoms with Gasteiger partial charge in [0.15, 0.2) is 0 Å². The Hall–Kier alpha value is -0.860. The highest BCUT2D eigenvalue weighted by atomic mass is 16.5. The molecule has 0 radical (unpaired) electrons. The molecular weight excluding hydrogens is 210 g/mol. The van der Waals surface area contributed by atoms with Crippen LogP contribution in [0.2, 0.25) is 0 Å². The van der Waals surface area contributed by atoms with Crippen molar-refractivity contribution in [2.75, 3.05) is 13.1 Å². The predicted octanol–water partition coefficient (Wildman–Crippen LogP) is 3.46. The summed E-state index contributed by atoms with van der Waals surface area (Å²) < 4.78 is 5.98. The topological polar surface area (TPSA) is 21.3 Å². The molecule has 0 aliphatic carbocycles. The van der Waals surface area contributed by atoms with E-state index in [9.17, 15) is 0 Å². The molecule has 96 valence electrons. The first kappa shape index (κ1) is 14.2. The van der Waals surface area contributed by atoms with Crippen molar-refractivity contribution in [3.8, 4) is 0 Å². The summed E-state index contributed by atoms with van der Waals surface area (Å²) in [5.74, 6) is 0. The van der Waals surface area contributed by atoms with Crippen LogP contribution in [-0.2, 0) is 4.74 Å². The molecule has 0 aromatic heterocycles. The van der Waals surface area contributed by atoms with Crippen LogP contribution in [0.15, 0.2) is 24.3 Å². The molecule has 0 spiro atoms. The third kappa shape index (κ3) is 5.33. The fourth-order valence-electron chi connectivity index (χ4n) is 1.85. The summed E-state index contributed by atoms with van der Waals surface area (Å²) in [4.78, 5) is 0. The summed E-state index contributed by atoms with van der Waals surface area (Å²) in [5.41, 5.74) is 2.55. The van der Waals surface area contributed by atoms with E-state index >= 15 is 0 Å². The van der Waals surface area contributed by atoms with Crippen molar-refractivity contribution in [3.05, 3.63) is 35.4 Å². The van der Waals surface area contributed by atoms with Crippen LogP contribution in [0.3, 0.4) is 0 Å². The van der Waals surface area contributed by atoms with Crippen LogP contribution in [0.25, 0.3) is 0 Å². The summed E-state index contributed by atoms with van der Waals surface area (Å²) in [6.45, 7) is 10.4. The van der Waals surface area contributed by atoms with E-state index in [1.807, 2.05) is 0 Å². The zero-order valence-electron chi connectivity index (χ0n) is 11.5. The van der Waals surface area contributed by atoms with Crippen molar-refractivity contribution in [3.63, 3.8) is 0 Å². The molecule has 1 unspecified atom stereocenters. The Labute approximate surface area is 105 Å². The van der Waals surface area contributed by atoms with Gasteiger partial charge in [-0.15, -0.1) is 0 Å². The van der Waals surface area contributed by atoms with Crippen molar-refractivity contribution < 1.29 is 4.74 Å². The molecular formula is C15H25NO. The minimum atomic E-state index is 0.154. The van der Waals surface area contributed by atoms with E-state index in [1.54, 1.807) is 0 Å². The standard InChI is InChI=1S/C15H25NO/c1-5-9-16-11-15(17-12(2)3)14-8-6-7-13(4)10-14/h6-8,10,12,15-16H,5,9,11H2,1-4H3. The van der Waals surface area contributed by atoms with E-state index in [1.165, 1.54) is 11.1 Å². The molecule has 2 heteroatoms. The molecule has 0 aliphatic heterocycles. The SMILES string of the molecule is CCCNCC(OC(C)C)c1cccc(C)c1. The Morgan fingerprint density at radius 1 is 1.29 bits per heavy atom. The lowest BCUT2D eigenvalue weighted by atomic mass is 10.1. The van der Waals surface area contributed by atoms with Crippen LogP contribution in [0.1, 0.15) is 44.4 Å². The molecule has 1 rings (SSSR count). The molecule has 0 saturated carbocycles. The van der Waals surface area contributed by atoms with Crippen LogP contribution in [0, 0.1) is 6.92 Å².